The van der Waals surface area contributed by atoms with E-state index in [1.165, 1.54) is 11.9 Å². The maximum absolute atomic E-state index is 13.5. The number of nitrogens with zero attached hydrogens (tertiary/aromatic N) is 1. The number of anilines is 1. The first-order valence-electron chi connectivity index (χ1n) is 11.2. The van der Waals surface area contributed by atoms with Gasteiger partial charge in [0.25, 0.3) is 5.91 Å². The highest BCUT2D eigenvalue weighted by Crippen LogP contribution is 2.26. The van der Waals surface area contributed by atoms with Crippen LogP contribution in [0.3, 0.4) is 0 Å². The van der Waals surface area contributed by atoms with Gasteiger partial charge in [0.2, 0.25) is 5.91 Å². The van der Waals surface area contributed by atoms with Crippen LogP contribution in [0.25, 0.3) is 0 Å². The molecular weight excluding hydrogens is 446 g/mol. The van der Waals surface area contributed by atoms with Gasteiger partial charge in [0.1, 0.15) is 17.7 Å². The van der Waals surface area contributed by atoms with Crippen LogP contribution < -0.4 is 10.6 Å². The summed E-state index contributed by atoms with van der Waals surface area (Å²) in [6.07, 6.45) is 4.60. The first-order chi connectivity index (χ1) is 16.4. The molecular formula is C27H33N3O5. The second kappa shape index (κ2) is 11.5. The topological polar surface area (TPSA) is 108 Å². The van der Waals surface area contributed by atoms with Crippen LogP contribution >= 0.6 is 0 Å². The molecule has 8 heteroatoms. The van der Waals surface area contributed by atoms with Gasteiger partial charge in [0.05, 0.1) is 6.61 Å². The lowest BCUT2D eigenvalue weighted by molar-refractivity contribution is -0.139. The van der Waals surface area contributed by atoms with Crippen LogP contribution in [0.1, 0.15) is 49.1 Å². The summed E-state index contributed by atoms with van der Waals surface area (Å²) in [6.45, 7) is 8.12. The van der Waals surface area contributed by atoms with Crippen LogP contribution in [0.4, 0.5) is 10.5 Å². The number of amides is 3. The predicted octanol–water partition coefficient (Wildman–Crippen LogP) is 3.31. The highest BCUT2D eigenvalue weighted by atomic mass is 16.6. The number of para-hydroxylation sites is 1. The zero-order valence-corrected chi connectivity index (χ0v) is 21.0. The largest absolute Gasteiger partial charge is 0.444 e. The first-order valence-corrected chi connectivity index (χ1v) is 11.2. The van der Waals surface area contributed by atoms with Gasteiger partial charge in [0.15, 0.2) is 0 Å². The Labute approximate surface area is 206 Å². The molecule has 0 fully saturated rings. The number of aliphatic hydroxyl groups is 1. The number of carbonyl (C=O) groups is 3. The number of hydrogen-bond acceptors (Lipinski definition) is 5. The Kier molecular flexibility index (Phi) is 9.04. The Morgan fingerprint density at radius 2 is 1.66 bits per heavy atom. The van der Waals surface area contributed by atoms with Gasteiger partial charge in [-0.15, -0.1) is 6.42 Å². The number of aliphatic hydroxyl groups excluding tert-OH is 1. The first kappa shape index (κ1) is 27.4. The molecule has 0 aromatic heterocycles. The van der Waals surface area contributed by atoms with Crippen LogP contribution in [0.15, 0.2) is 42.5 Å². The number of rotatable bonds is 7. The normalized spacial score (nSPS) is 12.6. The monoisotopic (exact) mass is 479 g/mol. The SMILES string of the molecule is C#Cc1ccc(C(C(=O)Nc2c(C)cccc2C)N(C)C(=O)C(CO)NC(=O)OC(C)(C)C)cc1. The third kappa shape index (κ3) is 7.33. The molecule has 2 unspecified atom stereocenters. The van der Waals surface area contributed by atoms with Gasteiger partial charge < -0.3 is 25.4 Å². The maximum atomic E-state index is 13.5. The zero-order chi connectivity index (χ0) is 26.3. The highest BCUT2D eigenvalue weighted by molar-refractivity contribution is 5.99. The minimum absolute atomic E-state index is 0.458. The van der Waals surface area contributed by atoms with E-state index in [9.17, 15) is 19.5 Å². The van der Waals surface area contributed by atoms with Gasteiger partial charge in [-0.2, -0.15) is 0 Å². The van der Waals surface area contributed by atoms with Crippen molar-refractivity contribution in [2.24, 2.45) is 0 Å². The zero-order valence-electron chi connectivity index (χ0n) is 21.0. The molecule has 0 spiro atoms. The summed E-state index contributed by atoms with van der Waals surface area (Å²) in [5.41, 5.74) is 2.73. The molecule has 3 amide bonds. The lowest BCUT2D eigenvalue weighted by Gasteiger charge is -2.31. The van der Waals surface area contributed by atoms with Crippen molar-refractivity contribution in [2.75, 3.05) is 19.0 Å². The molecule has 0 aliphatic heterocycles. The van der Waals surface area contributed by atoms with Gasteiger partial charge in [-0.25, -0.2) is 4.79 Å². The van der Waals surface area contributed by atoms with Crippen molar-refractivity contribution >= 4 is 23.6 Å². The Bertz CT molecular complexity index is 1090. The summed E-state index contributed by atoms with van der Waals surface area (Å²) >= 11 is 0. The number of hydrogen-bond donors (Lipinski definition) is 3. The van der Waals surface area contributed by atoms with E-state index in [2.05, 4.69) is 16.6 Å². The van der Waals surface area contributed by atoms with Crippen molar-refractivity contribution in [1.82, 2.24) is 10.2 Å². The molecule has 35 heavy (non-hydrogen) atoms. The summed E-state index contributed by atoms with van der Waals surface area (Å²) in [5, 5.41) is 15.1. The molecule has 2 aromatic rings. The number of benzene rings is 2. The number of carbonyl (C=O) groups excluding carboxylic acids is 3. The lowest BCUT2D eigenvalue weighted by Crippen LogP contribution is -2.52. The summed E-state index contributed by atoms with van der Waals surface area (Å²) < 4.78 is 5.19. The number of nitrogens with one attached hydrogen (secondary N) is 2. The Morgan fingerprint density at radius 1 is 1.09 bits per heavy atom. The molecule has 2 aromatic carbocycles. The summed E-state index contributed by atoms with van der Waals surface area (Å²) in [5.74, 6) is 1.40. The lowest BCUT2D eigenvalue weighted by atomic mass is 10.0. The highest BCUT2D eigenvalue weighted by Gasteiger charge is 2.34. The predicted molar refractivity (Wildman–Crippen MR) is 135 cm³/mol. The summed E-state index contributed by atoms with van der Waals surface area (Å²) in [7, 11) is 1.44. The van der Waals surface area contributed by atoms with Gasteiger partial charge in [-0.3, -0.25) is 9.59 Å². The molecule has 0 saturated heterocycles. The molecule has 0 aliphatic rings. The van der Waals surface area contributed by atoms with Gasteiger partial charge in [-0.05, 0) is 63.4 Å². The Hall–Kier alpha value is -3.83. The number of alkyl carbamates (subject to hydrolysis) is 1. The fourth-order valence-corrected chi connectivity index (χ4v) is 3.52. The number of ether oxygens (including phenoxy) is 1. The smallest absolute Gasteiger partial charge is 0.408 e. The quantitative estimate of drug-likeness (QED) is 0.528. The van der Waals surface area contributed by atoms with E-state index >= 15 is 0 Å². The maximum Gasteiger partial charge on any atom is 0.408 e. The molecule has 0 bridgehead atoms. The van der Waals surface area contributed by atoms with Crippen molar-refractivity contribution < 1.29 is 24.2 Å². The van der Waals surface area contributed by atoms with E-state index in [-0.39, 0.29) is 0 Å². The van der Waals surface area contributed by atoms with E-state index in [1.54, 1.807) is 45.0 Å². The average Bonchev–Trinajstić information content (AvgIpc) is 2.79. The van der Waals surface area contributed by atoms with E-state index in [0.717, 1.165) is 11.1 Å². The molecule has 2 rings (SSSR count). The van der Waals surface area contributed by atoms with Crippen molar-refractivity contribution in [1.29, 1.82) is 0 Å². The Morgan fingerprint density at radius 3 is 2.14 bits per heavy atom. The van der Waals surface area contributed by atoms with Crippen LogP contribution in [-0.2, 0) is 14.3 Å². The fourth-order valence-electron chi connectivity index (χ4n) is 3.52. The van der Waals surface area contributed by atoms with Gasteiger partial charge >= 0.3 is 6.09 Å². The van der Waals surface area contributed by atoms with E-state index in [0.29, 0.717) is 16.8 Å². The van der Waals surface area contributed by atoms with Gasteiger partial charge in [-0.1, -0.05) is 36.3 Å². The average molecular weight is 480 g/mol. The fraction of sp³-hybridized carbons (Fsp3) is 0.370. The molecule has 0 aliphatic carbocycles. The molecule has 2 atom stereocenters. The standard InChI is InChI=1S/C27H33N3O5/c1-8-19-12-14-20(15-13-19)23(24(32)29-22-17(2)10-9-11-18(22)3)30(7)25(33)21(16-31)28-26(34)35-27(4,5)6/h1,9-15,21,23,31H,16H2,2-7H3,(H,28,34)(H,29,32). The number of terminal acetylenes is 1. The molecule has 0 saturated carbocycles. The van der Waals surface area contributed by atoms with Crippen molar-refractivity contribution in [3.05, 3.63) is 64.7 Å². The van der Waals surface area contributed by atoms with E-state index in [1.807, 2.05) is 32.0 Å². The van der Waals surface area contributed by atoms with Crippen molar-refractivity contribution in [2.45, 2.75) is 52.3 Å². The third-order valence-electron chi connectivity index (χ3n) is 5.28. The number of likely N-dealkylation sites (N-methyl/N-ethyl adjacent to an activating group) is 1. The van der Waals surface area contributed by atoms with Crippen LogP contribution in [0.2, 0.25) is 0 Å². The number of aryl methyl sites for hydroxylation is 2. The van der Waals surface area contributed by atoms with Crippen LogP contribution in [0, 0.1) is 26.2 Å². The molecule has 8 nitrogen and oxygen atoms in total. The minimum atomic E-state index is -1.31. The van der Waals surface area contributed by atoms with Crippen LogP contribution in [0.5, 0.6) is 0 Å². The Balaban J connectivity index is 2.39. The molecule has 3 N–H and O–H groups in total. The second-order valence-corrected chi connectivity index (χ2v) is 9.26. The van der Waals surface area contributed by atoms with E-state index < -0.39 is 42.2 Å². The molecule has 0 heterocycles. The summed E-state index contributed by atoms with van der Waals surface area (Å²) in [4.78, 5) is 40.2. The molecule has 186 valence electrons. The van der Waals surface area contributed by atoms with Crippen molar-refractivity contribution in [3.63, 3.8) is 0 Å². The van der Waals surface area contributed by atoms with Crippen LogP contribution in [-0.4, -0.2) is 53.2 Å². The molecule has 0 radical (unpaired) electrons. The second-order valence-electron chi connectivity index (χ2n) is 9.26. The summed E-state index contributed by atoms with van der Waals surface area (Å²) in [6, 6.07) is 9.96. The van der Waals surface area contributed by atoms with Gasteiger partial charge in [0, 0.05) is 18.3 Å². The third-order valence-corrected chi connectivity index (χ3v) is 5.28. The minimum Gasteiger partial charge on any atom is -0.444 e. The van der Waals surface area contributed by atoms with Crippen molar-refractivity contribution in [3.8, 4) is 12.3 Å². The van der Waals surface area contributed by atoms with E-state index in [4.69, 9.17) is 11.2 Å².